The molecule has 138 valence electrons. The molecule has 0 spiro atoms. The van der Waals surface area contributed by atoms with Crippen LogP contribution < -0.4 is 0 Å². The van der Waals surface area contributed by atoms with Gasteiger partial charge in [-0.05, 0) is 33.6 Å². The minimum absolute atomic E-state index is 0.0750. The second kappa shape index (κ2) is 14.5. The number of carbonyl (C=O) groups excluding carboxylic acids is 2. The Labute approximate surface area is 141 Å². The molecular formula is C17H35NO5. The van der Waals surface area contributed by atoms with E-state index in [0.717, 1.165) is 12.8 Å². The molecule has 0 saturated heterocycles. The molecule has 0 unspecified atom stereocenters. The predicted octanol–water partition coefficient (Wildman–Crippen LogP) is 3.28. The summed E-state index contributed by atoms with van der Waals surface area (Å²) in [4.78, 5) is 24.6. The number of ketones is 1. The first-order valence-corrected chi connectivity index (χ1v) is 8.28. The Morgan fingerprint density at radius 1 is 1.04 bits per heavy atom. The Morgan fingerprint density at radius 3 is 2.17 bits per heavy atom. The van der Waals surface area contributed by atoms with E-state index < -0.39 is 11.7 Å². The van der Waals surface area contributed by atoms with E-state index in [1.54, 1.807) is 14.2 Å². The second-order valence-electron chi connectivity index (χ2n) is 5.94. The second-order valence-corrected chi connectivity index (χ2v) is 5.94. The van der Waals surface area contributed by atoms with Crippen LogP contribution in [0.1, 0.15) is 53.9 Å². The molecule has 0 N–H and O–H groups in total. The molecule has 0 bridgehead atoms. The van der Waals surface area contributed by atoms with Crippen molar-refractivity contribution < 1.29 is 23.8 Å². The van der Waals surface area contributed by atoms with Crippen molar-refractivity contribution in [3.05, 3.63) is 0 Å². The van der Waals surface area contributed by atoms with Crippen molar-refractivity contribution in [3.8, 4) is 0 Å². The standard InChI is InChI=1S/C15H29NO5.C2H6/c1-15(2,3)21-14(18)16(4)9-11-20-12-13(17)8-6-7-10-19-5;1-2/h6-12H2,1-5H3;1-2H3. The number of likely N-dealkylation sites (N-methyl/N-ethyl adjacent to an activating group) is 1. The lowest BCUT2D eigenvalue weighted by molar-refractivity contribution is -0.123. The van der Waals surface area contributed by atoms with Gasteiger partial charge >= 0.3 is 6.09 Å². The SMILES string of the molecule is CC.COCCCCC(=O)COCCN(C)C(=O)OC(C)(C)C. The maximum absolute atomic E-state index is 11.7. The first-order valence-electron chi connectivity index (χ1n) is 8.28. The van der Waals surface area contributed by atoms with Crippen LogP contribution in [0.3, 0.4) is 0 Å². The van der Waals surface area contributed by atoms with Crippen LogP contribution in [-0.2, 0) is 19.0 Å². The Morgan fingerprint density at radius 2 is 1.65 bits per heavy atom. The molecule has 0 aromatic carbocycles. The third kappa shape index (κ3) is 17.1. The predicted molar refractivity (Wildman–Crippen MR) is 91.8 cm³/mol. The first kappa shape index (κ1) is 24.1. The van der Waals surface area contributed by atoms with Gasteiger partial charge in [0, 0.05) is 33.7 Å². The zero-order valence-corrected chi connectivity index (χ0v) is 15.9. The lowest BCUT2D eigenvalue weighted by Crippen LogP contribution is -2.36. The third-order valence-electron chi connectivity index (χ3n) is 2.59. The zero-order valence-electron chi connectivity index (χ0n) is 15.9. The number of unbranched alkanes of at least 4 members (excludes halogenated alkanes) is 1. The number of Topliss-reactive ketones (excluding diaryl/α,β-unsaturated/α-hetero) is 1. The number of carbonyl (C=O) groups is 2. The fourth-order valence-electron chi connectivity index (χ4n) is 1.46. The van der Waals surface area contributed by atoms with Crippen molar-refractivity contribution in [2.45, 2.75) is 59.5 Å². The van der Waals surface area contributed by atoms with E-state index in [0.29, 0.717) is 26.2 Å². The maximum Gasteiger partial charge on any atom is 0.410 e. The van der Waals surface area contributed by atoms with Crippen LogP contribution >= 0.6 is 0 Å². The van der Waals surface area contributed by atoms with E-state index in [4.69, 9.17) is 14.2 Å². The smallest absolute Gasteiger partial charge is 0.410 e. The molecule has 6 heteroatoms. The molecular weight excluding hydrogens is 298 g/mol. The number of ether oxygens (including phenoxy) is 3. The van der Waals surface area contributed by atoms with Gasteiger partial charge in [-0.1, -0.05) is 13.8 Å². The molecule has 0 radical (unpaired) electrons. The summed E-state index contributed by atoms with van der Waals surface area (Å²) in [6.45, 7) is 10.9. The largest absolute Gasteiger partial charge is 0.444 e. The normalized spacial score (nSPS) is 10.6. The summed E-state index contributed by atoms with van der Waals surface area (Å²) in [5.41, 5.74) is -0.510. The van der Waals surface area contributed by atoms with Gasteiger partial charge in [-0.15, -0.1) is 0 Å². The van der Waals surface area contributed by atoms with E-state index in [1.807, 2.05) is 34.6 Å². The number of amides is 1. The summed E-state index contributed by atoms with van der Waals surface area (Å²) in [5.74, 6) is 0.0750. The third-order valence-corrected chi connectivity index (χ3v) is 2.59. The fraction of sp³-hybridized carbons (Fsp3) is 0.882. The number of hydrogen-bond acceptors (Lipinski definition) is 5. The summed E-state index contributed by atoms with van der Waals surface area (Å²) >= 11 is 0. The van der Waals surface area contributed by atoms with Crippen molar-refractivity contribution >= 4 is 11.9 Å². The fourth-order valence-corrected chi connectivity index (χ4v) is 1.46. The molecule has 0 heterocycles. The molecule has 23 heavy (non-hydrogen) atoms. The molecule has 0 aliphatic heterocycles. The highest BCUT2D eigenvalue weighted by atomic mass is 16.6. The zero-order chi connectivity index (χ0) is 18.3. The van der Waals surface area contributed by atoms with Gasteiger partial charge in [0.05, 0.1) is 6.61 Å². The van der Waals surface area contributed by atoms with Crippen molar-refractivity contribution in [2.24, 2.45) is 0 Å². The van der Waals surface area contributed by atoms with Gasteiger partial charge in [0.25, 0.3) is 0 Å². The molecule has 0 aliphatic carbocycles. The molecule has 0 atom stereocenters. The van der Waals surface area contributed by atoms with Crippen LogP contribution in [0.5, 0.6) is 0 Å². The van der Waals surface area contributed by atoms with Gasteiger partial charge in [-0.3, -0.25) is 4.79 Å². The summed E-state index contributed by atoms with van der Waals surface area (Å²) in [7, 11) is 3.29. The van der Waals surface area contributed by atoms with Gasteiger partial charge in [-0.2, -0.15) is 0 Å². The van der Waals surface area contributed by atoms with E-state index in [9.17, 15) is 9.59 Å². The maximum atomic E-state index is 11.7. The number of methoxy groups -OCH3 is 1. The highest BCUT2D eigenvalue weighted by Crippen LogP contribution is 2.08. The summed E-state index contributed by atoms with van der Waals surface area (Å²) in [6, 6.07) is 0. The average Bonchev–Trinajstić information content (AvgIpc) is 2.48. The van der Waals surface area contributed by atoms with Crippen molar-refractivity contribution in [1.29, 1.82) is 0 Å². The van der Waals surface area contributed by atoms with Gasteiger partial charge in [0.1, 0.15) is 12.2 Å². The summed E-state index contributed by atoms with van der Waals surface area (Å²) in [5, 5.41) is 0. The van der Waals surface area contributed by atoms with E-state index in [2.05, 4.69) is 0 Å². The van der Waals surface area contributed by atoms with Crippen molar-refractivity contribution in [1.82, 2.24) is 4.90 Å². The first-order chi connectivity index (χ1) is 10.8. The van der Waals surface area contributed by atoms with Crippen LogP contribution in [0.2, 0.25) is 0 Å². The molecule has 0 aromatic heterocycles. The molecule has 0 aliphatic rings. The molecule has 0 rings (SSSR count). The number of hydrogen-bond donors (Lipinski definition) is 0. The van der Waals surface area contributed by atoms with Crippen molar-refractivity contribution in [3.63, 3.8) is 0 Å². The average molecular weight is 333 g/mol. The van der Waals surface area contributed by atoms with Crippen LogP contribution in [0.4, 0.5) is 4.79 Å². The topological polar surface area (TPSA) is 65.1 Å². The minimum atomic E-state index is -0.510. The molecule has 0 fully saturated rings. The van der Waals surface area contributed by atoms with Crippen LogP contribution in [0.25, 0.3) is 0 Å². The quantitative estimate of drug-likeness (QED) is 0.574. The molecule has 1 amide bonds. The Balaban J connectivity index is 0. The van der Waals surface area contributed by atoms with Gasteiger partial charge in [-0.25, -0.2) is 4.79 Å². The van der Waals surface area contributed by atoms with Crippen LogP contribution in [-0.4, -0.2) is 62.9 Å². The Bertz CT molecular complexity index is 313. The molecule has 6 nitrogen and oxygen atoms in total. The summed E-state index contributed by atoms with van der Waals surface area (Å²) in [6.07, 6.45) is 1.81. The Hall–Kier alpha value is -1.14. The Kier molecular flexibility index (Phi) is 15.2. The highest BCUT2D eigenvalue weighted by molar-refractivity contribution is 5.79. The minimum Gasteiger partial charge on any atom is -0.444 e. The lowest BCUT2D eigenvalue weighted by Gasteiger charge is -2.24. The van der Waals surface area contributed by atoms with E-state index >= 15 is 0 Å². The monoisotopic (exact) mass is 333 g/mol. The van der Waals surface area contributed by atoms with Crippen LogP contribution in [0.15, 0.2) is 0 Å². The number of nitrogens with zero attached hydrogens (tertiary/aromatic N) is 1. The lowest BCUT2D eigenvalue weighted by atomic mass is 10.2. The molecule has 0 saturated carbocycles. The number of rotatable bonds is 10. The van der Waals surface area contributed by atoms with Gasteiger partial charge < -0.3 is 19.1 Å². The highest BCUT2D eigenvalue weighted by Gasteiger charge is 2.19. The van der Waals surface area contributed by atoms with Gasteiger partial charge in [0.2, 0.25) is 0 Å². The van der Waals surface area contributed by atoms with E-state index in [-0.39, 0.29) is 12.4 Å². The summed E-state index contributed by atoms with van der Waals surface area (Å²) < 4.78 is 15.4. The molecule has 0 aromatic rings. The van der Waals surface area contributed by atoms with Crippen molar-refractivity contribution in [2.75, 3.05) is 40.5 Å². The van der Waals surface area contributed by atoms with E-state index in [1.165, 1.54) is 4.90 Å². The van der Waals surface area contributed by atoms with Crippen LogP contribution in [0, 0.1) is 0 Å². The van der Waals surface area contributed by atoms with Gasteiger partial charge in [0.15, 0.2) is 5.78 Å².